The van der Waals surface area contributed by atoms with Gasteiger partial charge in [-0.15, -0.1) is 0 Å². The number of hydrazine groups is 1. The molecular formula is C30H36N8O4. The van der Waals surface area contributed by atoms with E-state index in [1.807, 2.05) is 58.0 Å². The fourth-order valence-electron chi connectivity index (χ4n) is 5.23. The minimum Gasteiger partial charge on any atom is -0.493 e. The molecule has 0 saturated heterocycles. The van der Waals surface area contributed by atoms with Gasteiger partial charge in [0.25, 0.3) is 5.91 Å². The van der Waals surface area contributed by atoms with Crippen LogP contribution in [0.2, 0.25) is 0 Å². The molecule has 0 fully saturated rings. The standard InChI is InChI=1S/C30H36N8O4/c1-6-42-25-13-20-7-9-37-23(21(20)14-24(25)41-5)15-26(35-27-18(3)11-17(2)12-19(27)4)38(30(37)40)10-8-34-29(39)28(36-33)22(32)16-31/h11-15,36H,6-10,32-33H2,1-5H3,(H,34,39)/b28-22-,35-26?. The van der Waals surface area contributed by atoms with Crippen molar-refractivity contribution in [2.24, 2.45) is 16.6 Å². The molecule has 0 radical (unpaired) electrons. The van der Waals surface area contributed by atoms with Gasteiger partial charge in [-0.2, -0.15) is 5.26 Å². The smallest absolute Gasteiger partial charge is 0.330 e. The van der Waals surface area contributed by atoms with Crippen molar-refractivity contribution in [3.63, 3.8) is 0 Å². The molecule has 12 nitrogen and oxygen atoms in total. The van der Waals surface area contributed by atoms with E-state index in [9.17, 15) is 9.59 Å². The van der Waals surface area contributed by atoms with Gasteiger partial charge in [0.2, 0.25) is 0 Å². The van der Waals surface area contributed by atoms with Gasteiger partial charge in [-0.05, 0) is 62.9 Å². The number of benzene rings is 2. The van der Waals surface area contributed by atoms with Crippen molar-refractivity contribution < 1.29 is 14.3 Å². The molecule has 1 aromatic heterocycles. The second-order valence-corrected chi connectivity index (χ2v) is 9.98. The van der Waals surface area contributed by atoms with E-state index < -0.39 is 5.91 Å². The van der Waals surface area contributed by atoms with Crippen LogP contribution in [-0.4, -0.2) is 35.3 Å². The van der Waals surface area contributed by atoms with Gasteiger partial charge >= 0.3 is 5.69 Å². The maximum absolute atomic E-state index is 14.0. The average Bonchev–Trinajstić information content (AvgIpc) is 2.96. The van der Waals surface area contributed by atoms with Crippen LogP contribution in [0.1, 0.15) is 29.2 Å². The Morgan fingerprint density at radius 2 is 1.86 bits per heavy atom. The summed E-state index contributed by atoms with van der Waals surface area (Å²) in [6.07, 6.45) is 0.624. The van der Waals surface area contributed by atoms with Gasteiger partial charge in [-0.3, -0.25) is 19.8 Å². The lowest BCUT2D eigenvalue weighted by Gasteiger charge is -2.25. The first-order chi connectivity index (χ1) is 20.1. The SMILES string of the molecule is CCOc1cc2c(cc1OC)-c1cc(=Nc3c(C)cc(C)cc3C)n(CCNC(=O)/C(NN)=C(/N)C#N)c(=O)n1CC2. The summed E-state index contributed by atoms with van der Waals surface area (Å²) in [5.74, 6) is 5.95. The molecule has 220 valence electrons. The highest BCUT2D eigenvalue weighted by Crippen LogP contribution is 2.37. The van der Waals surface area contributed by atoms with Crippen molar-refractivity contribution >= 4 is 11.6 Å². The molecule has 0 bridgehead atoms. The van der Waals surface area contributed by atoms with Crippen molar-refractivity contribution in [3.8, 4) is 28.8 Å². The number of carbonyl (C=O) groups is 1. The van der Waals surface area contributed by atoms with E-state index in [4.69, 9.17) is 31.3 Å². The summed E-state index contributed by atoms with van der Waals surface area (Å²) < 4.78 is 14.6. The van der Waals surface area contributed by atoms with Crippen molar-refractivity contribution in [3.05, 3.63) is 80.0 Å². The van der Waals surface area contributed by atoms with Crippen LogP contribution in [0.3, 0.4) is 0 Å². The van der Waals surface area contributed by atoms with Crippen LogP contribution >= 0.6 is 0 Å². The molecule has 0 spiro atoms. The van der Waals surface area contributed by atoms with Gasteiger partial charge in [0.05, 0.1) is 25.1 Å². The van der Waals surface area contributed by atoms with Gasteiger partial charge in [0.15, 0.2) is 11.5 Å². The first-order valence-corrected chi connectivity index (χ1v) is 13.6. The zero-order valence-electron chi connectivity index (χ0n) is 24.5. The highest BCUT2D eigenvalue weighted by Gasteiger charge is 2.23. The number of nitrogens with one attached hydrogen (secondary N) is 2. The van der Waals surface area contributed by atoms with Crippen LogP contribution in [0.15, 0.2) is 51.5 Å². The lowest BCUT2D eigenvalue weighted by Crippen LogP contribution is -2.45. The fourth-order valence-corrected chi connectivity index (χ4v) is 5.23. The van der Waals surface area contributed by atoms with Gasteiger partial charge in [0.1, 0.15) is 23.0 Å². The number of rotatable bonds is 9. The van der Waals surface area contributed by atoms with Crippen LogP contribution in [0.25, 0.3) is 11.3 Å². The van der Waals surface area contributed by atoms with E-state index in [1.165, 1.54) is 4.57 Å². The Morgan fingerprint density at radius 3 is 2.48 bits per heavy atom. The van der Waals surface area contributed by atoms with Crippen LogP contribution < -0.4 is 43.0 Å². The van der Waals surface area contributed by atoms with Gasteiger partial charge < -0.3 is 25.9 Å². The zero-order valence-corrected chi connectivity index (χ0v) is 24.5. The summed E-state index contributed by atoms with van der Waals surface area (Å²) in [5.41, 5.74) is 13.7. The second kappa shape index (κ2) is 12.7. The summed E-state index contributed by atoms with van der Waals surface area (Å²) in [6.45, 7) is 9.03. The van der Waals surface area contributed by atoms with Gasteiger partial charge in [-0.25, -0.2) is 9.79 Å². The van der Waals surface area contributed by atoms with E-state index in [0.717, 1.165) is 33.5 Å². The lowest BCUT2D eigenvalue weighted by atomic mass is 9.97. The number of aryl methyl sites for hydroxylation is 4. The highest BCUT2D eigenvalue weighted by molar-refractivity contribution is 5.93. The molecule has 0 atom stereocenters. The number of carbonyl (C=O) groups excluding carboxylic acids is 1. The number of amides is 1. The molecule has 1 amide bonds. The molecule has 6 N–H and O–H groups in total. The Hall–Kier alpha value is -5.02. The number of nitrogens with two attached hydrogens (primary N) is 2. The summed E-state index contributed by atoms with van der Waals surface area (Å²) in [5, 5.41) is 11.7. The first kappa shape index (κ1) is 30.0. The number of hydrogen-bond acceptors (Lipinski definition) is 9. The molecule has 4 rings (SSSR count). The molecule has 42 heavy (non-hydrogen) atoms. The van der Waals surface area contributed by atoms with Crippen molar-refractivity contribution in [1.29, 1.82) is 5.26 Å². The highest BCUT2D eigenvalue weighted by atomic mass is 16.5. The maximum Gasteiger partial charge on any atom is 0.330 e. The Kier molecular flexibility index (Phi) is 9.02. The van der Waals surface area contributed by atoms with Crippen LogP contribution in [0, 0.1) is 32.1 Å². The summed E-state index contributed by atoms with van der Waals surface area (Å²) >= 11 is 0. The number of nitrogens with zero attached hydrogens (tertiary/aromatic N) is 4. The zero-order chi connectivity index (χ0) is 30.6. The molecule has 2 heterocycles. The Morgan fingerprint density at radius 1 is 1.14 bits per heavy atom. The van der Waals surface area contributed by atoms with E-state index in [1.54, 1.807) is 17.7 Å². The minimum absolute atomic E-state index is 0.0541. The third-order valence-electron chi connectivity index (χ3n) is 7.11. The van der Waals surface area contributed by atoms with E-state index in [-0.39, 0.29) is 30.2 Å². The molecule has 0 saturated carbocycles. The molecule has 3 aromatic rings. The minimum atomic E-state index is -0.662. The third-order valence-corrected chi connectivity index (χ3v) is 7.11. The Bertz CT molecular complexity index is 1720. The molecule has 0 aliphatic carbocycles. The molecule has 1 aliphatic heterocycles. The molecule has 2 aromatic carbocycles. The van der Waals surface area contributed by atoms with Crippen molar-refractivity contribution in [2.45, 2.75) is 47.2 Å². The summed E-state index contributed by atoms with van der Waals surface area (Å²) in [6, 6.07) is 11.5. The van der Waals surface area contributed by atoms with Crippen LogP contribution in [0.5, 0.6) is 11.5 Å². The van der Waals surface area contributed by atoms with E-state index in [2.05, 4.69) is 10.7 Å². The number of fused-ring (bicyclic) bond motifs is 3. The monoisotopic (exact) mass is 572 g/mol. The van der Waals surface area contributed by atoms with E-state index >= 15 is 0 Å². The van der Waals surface area contributed by atoms with Gasteiger partial charge in [0, 0.05) is 31.3 Å². The number of aromatic nitrogens is 2. The number of nitriles is 1. The average molecular weight is 573 g/mol. The van der Waals surface area contributed by atoms with Crippen molar-refractivity contribution in [2.75, 3.05) is 20.3 Å². The number of methoxy groups -OCH3 is 1. The summed E-state index contributed by atoms with van der Waals surface area (Å²) in [4.78, 5) is 31.5. The molecule has 1 aliphatic rings. The predicted octanol–water partition coefficient (Wildman–Crippen LogP) is 1.71. The Labute approximate surface area is 243 Å². The largest absolute Gasteiger partial charge is 0.493 e. The van der Waals surface area contributed by atoms with Crippen LogP contribution in [-0.2, 0) is 24.3 Å². The molecule has 0 unspecified atom stereocenters. The summed E-state index contributed by atoms with van der Waals surface area (Å²) in [7, 11) is 1.59. The predicted molar refractivity (Wildman–Crippen MR) is 159 cm³/mol. The quantitative estimate of drug-likeness (QED) is 0.130. The maximum atomic E-state index is 14.0. The number of hydrogen-bond donors (Lipinski definition) is 4. The first-order valence-electron chi connectivity index (χ1n) is 13.6. The topological polar surface area (TPSA) is 175 Å². The van der Waals surface area contributed by atoms with Crippen molar-refractivity contribution in [1.82, 2.24) is 19.9 Å². The Balaban J connectivity index is 1.87. The normalized spacial score (nSPS) is 12.9. The van der Waals surface area contributed by atoms with E-state index in [0.29, 0.717) is 42.3 Å². The second-order valence-electron chi connectivity index (χ2n) is 9.98. The third kappa shape index (κ3) is 5.87. The lowest BCUT2D eigenvalue weighted by molar-refractivity contribution is -0.117. The number of ether oxygens (including phenoxy) is 2. The molecule has 12 heteroatoms. The number of allylic oxidation sites excluding steroid dienone is 1. The molecular weight excluding hydrogens is 536 g/mol. The van der Waals surface area contributed by atoms with Gasteiger partial charge in [-0.1, -0.05) is 17.7 Å². The fraction of sp³-hybridized carbons (Fsp3) is 0.333. The van der Waals surface area contributed by atoms with Crippen LogP contribution in [0.4, 0.5) is 5.69 Å².